The minimum atomic E-state index is -0.328. The molecular formula is C23H24N2O4. The summed E-state index contributed by atoms with van der Waals surface area (Å²) in [7, 11) is 1.60. The fourth-order valence-electron chi connectivity index (χ4n) is 4.22. The zero-order valence-electron chi connectivity index (χ0n) is 16.9. The van der Waals surface area contributed by atoms with Gasteiger partial charge in [-0.25, -0.2) is 0 Å². The molecule has 2 aromatic rings. The van der Waals surface area contributed by atoms with Crippen LogP contribution >= 0.6 is 0 Å². The molecule has 4 rings (SSSR count). The molecule has 2 aromatic carbocycles. The molecule has 0 aromatic heterocycles. The van der Waals surface area contributed by atoms with Gasteiger partial charge in [-0.05, 0) is 56.0 Å². The first-order valence-corrected chi connectivity index (χ1v) is 9.86. The van der Waals surface area contributed by atoms with Gasteiger partial charge in [0.05, 0.1) is 23.9 Å². The van der Waals surface area contributed by atoms with Crippen LogP contribution < -0.4 is 9.64 Å². The van der Waals surface area contributed by atoms with Gasteiger partial charge in [-0.15, -0.1) is 0 Å². The molecule has 0 bridgehead atoms. The highest BCUT2D eigenvalue weighted by Gasteiger charge is 2.36. The van der Waals surface area contributed by atoms with Crippen LogP contribution in [0.1, 0.15) is 50.2 Å². The summed E-state index contributed by atoms with van der Waals surface area (Å²) in [5.74, 6) is -0.0864. The normalized spacial score (nSPS) is 15.4. The number of carbonyl (C=O) groups is 3. The lowest BCUT2D eigenvalue weighted by Gasteiger charge is -2.32. The van der Waals surface area contributed by atoms with Crippen LogP contribution in [0.3, 0.4) is 0 Å². The van der Waals surface area contributed by atoms with E-state index in [2.05, 4.69) is 0 Å². The van der Waals surface area contributed by atoms with Crippen molar-refractivity contribution in [2.24, 2.45) is 0 Å². The van der Waals surface area contributed by atoms with E-state index >= 15 is 0 Å². The van der Waals surface area contributed by atoms with Gasteiger partial charge in [0.1, 0.15) is 5.75 Å². The minimum Gasteiger partial charge on any atom is -0.495 e. The highest BCUT2D eigenvalue weighted by molar-refractivity contribution is 6.21. The lowest BCUT2D eigenvalue weighted by Crippen LogP contribution is -2.39. The Morgan fingerprint density at radius 1 is 1.07 bits per heavy atom. The Kier molecular flexibility index (Phi) is 4.86. The number of benzene rings is 2. The van der Waals surface area contributed by atoms with Crippen molar-refractivity contribution in [3.05, 3.63) is 58.1 Å². The highest BCUT2D eigenvalue weighted by atomic mass is 16.5. The Hall–Kier alpha value is -3.15. The van der Waals surface area contributed by atoms with E-state index in [9.17, 15) is 14.4 Å². The molecule has 2 aliphatic rings. The second-order valence-electron chi connectivity index (χ2n) is 7.62. The summed E-state index contributed by atoms with van der Waals surface area (Å²) >= 11 is 0. The van der Waals surface area contributed by atoms with Crippen LogP contribution in [0, 0.1) is 13.8 Å². The Balaban J connectivity index is 1.53. The van der Waals surface area contributed by atoms with Gasteiger partial charge in [0.15, 0.2) is 0 Å². The summed E-state index contributed by atoms with van der Waals surface area (Å²) in [4.78, 5) is 41.2. The van der Waals surface area contributed by atoms with Crippen LogP contribution in [0.15, 0.2) is 30.3 Å². The average Bonchev–Trinajstić information content (AvgIpc) is 2.95. The summed E-state index contributed by atoms with van der Waals surface area (Å²) < 4.78 is 5.50. The molecule has 0 radical (unpaired) electrons. The first-order valence-electron chi connectivity index (χ1n) is 9.86. The molecule has 3 amide bonds. The van der Waals surface area contributed by atoms with E-state index in [1.54, 1.807) is 24.1 Å². The van der Waals surface area contributed by atoms with Crippen LogP contribution in [0.2, 0.25) is 0 Å². The Labute approximate surface area is 170 Å². The number of aryl methyl sites for hydroxylation is 2. The van der Waals surface area contributed by atoms with Gasteiger partial charge >= 0.3 is 0 Å². The van der Waals surface area contributed by atoms with Gasteiger partial charge in [-0.2, -0.15) is 0 Å². The van der Waals surface area contributed by atoms with E-state index in [1.807, 2.05) is 32.0 Å². The molecular weight excluding hydrogens is 368 g/mol. The number of hydrogen-bond donors (Lipinski definition) is 0. The molecule has 6 heteroatoms. The first kappa shape index (κ1) is 19.2. The molecule has 6 nitrogen and oxygen atoms in total. The van der Waals surface area contributed by atoms with Crippen LogP contribution in [0.5, 0.6) is 5.75 Å². The van der Waals surface area contributed by atoms with Crippen LogP contribution in [-0.4, -0.2) is 42.8 Å². The summed E-state index contributed by atoms with van der Waals surface area (Å²) in [5, 5.41) is 0. The van der Waals surface area contributed by atoms with Gasteiger partial charge in [-0.1, -0.05) is 17.7 Å². The summed E-state index contributed by atoms with van der Waals surface area (Å²) in [6.45, 7) is 4.59. The second-order valence-corrected chi connectivity index (χ2v) is 7.62. The van der Waals surface area contributed by atoms with E-state index in [0.29, 0.717) is 23.4 Å². The maximum absolute atomic E-state index is 13.1. The van der Waals surface area contributed by atoms with Crippen molar-refractivity contribution in [3.63, 3.8) is 0 Å². The Morgan fingerprint density at radius 3 is 2.59 bits per heavy atom. The van der Waals surface area contributed by atoms with E-state index in [0.717, 1.165) is 35.2 Å². The number of rotatable bonds is 4. The smallest absolute Gasteiger partial charge is 0.261 e. The molecule has 150 valence electrons. The van der Waals surface area contributed by atoms with Crippen molar-refractivity contribution >= 4 is 23.4 Å². The lowest BCUT2D eigenvalue weighted by atomic mass is 9.96. The molecule has 29 heavy (non-hydrogen) atoms. The predicted octanol–water partition coefficient (Wildman–Crippen LogP) is 3.28. The van der Waals surface area contributed by atoms with Crippen LogP contribution in [0.4, 0.5) is 5.69 Å². The number of imide groups is 1. The van der Waals surface area contributed by atoms with E-state index in [1.165, 1.54) is 4.90 Å². The zero-order valence-corrected chi connectivity index (χ0v) is 16.9. The molecule has 0 fully saturated rings. The third kappa shape index (κ3) is 3.18. The second kappa shape index (κ2) is 7.35. The molecule has 0 atom stereocenters. The fourth-order valence-corrected chi connectivity index (χ4v) is 4.22. The van der Waals surface area contributed by atoms with Crippen molar-refractivity contribution in [1.82, 2.24) is 4.90 Å². The van der Waals surface area contributed by atoms with Crippen molar-refractivity contribution in [3.8, 4) is 5.75 Å². The van der Waals surface area contributed by atoms with E-state index < -0.39 is 0 Å². The molecule has 0 unspecified atom stereocenters. The number of amides is 3. The quantitative estimate of drug-likeness (QED) is 0.749. The molecule has 0 spiro atoms. The Bertz CT molecular complexity index is 1030. The van der Waals surface area contributed by atoms with Crippen molar-refractivity contribution in [1.29, 1.82) is 0 Å². The third-order valence-corrected chi connectivity index (χ3v) is 5.75. The van der Waals surface area contributed by atoms with Crippen LogP contribution in [-0.2, 0) is 11.2 Å². The highest BCUT2D eigenvalue weighted by Crippen LogP contribution is 2.38. The van der Waals surface area contributed by atoms with Crippen molar-refractivity contribution in [2.45, 2.75) is 33.1 Å². The fraction of sp³-hybridized carbons (Fsp3) is 0.348. The maximum atomic E-state index is 13.1. The van der Waals surface area contributed by atoms with Crippen LogP contribution in [0.25, 0.3) is 0 Å². The maximum Gasteiger partial charge on any atom is 0.261 e. The van der Waals surface area contributed by atoms with Gasteiger partial charge < -0.3 is 9.64 Å². The largest absolute Gasteiger partial charge is 0.495 e. The van der Waals surface area contributed by atoms with Gasteiger partial charge in [0, 0.05) is 19.5 Å². The number of nitrogens with zero attached hydrogens (tertiary/aromatic N) is 2. The monoisotopic (exact) mass is 392 g/mol. The van der Waals surface area contributed by atoms with E-state index in [4.69, 9.17) is 4.74 Å². The average molecular weight is 392 g/mol. The molecule has 0 saturated carbocycles. The summed E-state index contributed by atoms with van der Waals surface area (Å²) in [5.41, 5.74) is 4.84. The topological polar surface area (TPSA) is 66.9 Å². The van der Waals surface area contributed by atoms with E-state index in [-0.39, 0.29) is 30.7 Å². The number of fused-ring (bicyclic) bond motifs is 2. The van der Waals surface area contributed by atoms with Gasteiger partial charge in [-0.3, -0.25) is 19.3 Å². The number of anilines is 1. The lowest BCUT2D eigenvalue weighted by molar-refractivity contribution is -0.118. The standard InChI is InChI=1S/C23H24N2O4/c1-14-6-8-17-18(13-14)23(28)25(22(17)27)12-10-20(26)24-11-4-5-16-15(2)7-9-19(29-3)21(16)24/h6-9,13H,4-5,10-12H2,1-3H3. The molecule has 0 aliphatic carbocycles. The number of carbonyl (C=O) groups excluding carboxylic acids is 3. The molecule has 2 heterocycles. The Morgan fingerprint density at radius 2 is 1.83 bits per heavy atom. The van der Waals surface area contributed by atoms with Crippen molar-refractivity contribution in [2.75, 3.05) is 25.1 Å². The zero-order chi connectivity index (χ0) is 20.7. The third-order valence-electron chi connectivity index (χ3n) is 5.75. The summed E-state index contributed by atoms with van der Waals surface area (Å²) in [6, 6.07) is 9.11. The van der Waals surface area contributed by atoms with Gasteiger partial charge in [0.25, 0.3) is 11.8 Å². The molecule has 0 N–H and O–H groups in total. The van der Waals surface area contributed by atoms with Crippen molar-refractivity contribution < 1.29 is 19.1 Å². The predicted molar refractivity (Wildman–Crippen MR) is 110 cm³/mol. The van der Waals surface area contributed by atoms with Gasteiger partial charge in [0.2, 0.25) is 5.91 Å². The molecule has 0 saturated heterocycles. The number of hydrogen-bond acceptors (Lipinski definition) is 4. The molecule has 2 aliphatic heterocycles. The number of methoxy groups -OCH3 is 1. The minimum absolute atomic E-state index is 0.0736. The number of ether oxygens (including phenoxy) is 1. The summed E-state index contributed by atoms with van der Waals surface area (Å²) in [6.07, 6.45) is 1.86. The SMILES string of the molecule is COc1ccc(C)c2c1N(C(=O)CCN1C(=O)c3ccc(C)cc3C1=O)CCC2. The first-order chi connectivity index (χ1) is 13.9.